The number of rotatable bonds is 6. The average molecular weight is 246 g/mol. The van der Waals surface area contributed by atoms with E-state index >= 15 is 0 Å². The number of hydrogen-bond donors (Lipinski definition) is 2. The molecule has 1 aliphatic rings. The number of aliphatic hydroxyl groups excluding tert-OH is 1. The summed E-state index contributed by atoms with van der Waals surface area (Å²) in [4.78, 5) is 4.50. The molecule has 0 aromatic heterocycles. The van der Waals surface area contributed by atoms with Crippen molar-refractivity contribution in [1.82, 2.24) is 9.80 Å². The maximum absolute atomic E-state index is 9.74. The molecule has 0 spiro atoms. The van der Waals surface area contributed by atoms with Crippen molar-refractivity contribution in [2.45, 2.75) is 25.6 Å². The standard InChI is InChI=1S/C12H26N2O3/c1-12(2,16)10-14-6-4-13(5-7-14)8-11(15)9-17-3/h11,15-16H,4-10H2,1-3H3. The van der Waals surface area contributed by atoms with Gasteiger partial charge in [-0.05, 0) is 13.8 Å². The first-order valence-corrected chi connectivity index (χ1v) is 6.25. The fraction of sp³-hybridized carbons (Fsp3) is 1.00. The summed E-state index contributed by atoms with van der Waals surface area (Å²) in [5, 5.41) is 19.4. The second kappa shape index (κ2) is 6.66. The summed E-state index contributed by atoms with van der Waals surface area (Å²) in [7, 11) is 1.60. The quantitative estimate of drug-likeness (QED) is 0.654. The van der Waals surface area contributed by atoms with E-state index in [9.17, 15) is 10.2 Å². The molecule has 5 nitrogen and oxygen atoms in total. The number of β-amino-alcohol motifs (C(OH)–C–C–N with tert-alkyl or cyclic N) is 2. The van der Waals surface area contributed by atoms with E-state index in [0.717, 1.165) is 26.2 Å². The fourth-order valence-corrected chi connectivity index (χ4v) is 2.22. The van der Waals surface area contributed by atoms with Gasteiger partial charge in [-0.15, -0.1) is 0 Å². The van der Waals surface area contributed by atoms with Crippen LogP contribution in [0.15, 0.2) is 0 Å². The Labute approximate surface area is 104 Å². The zero-order valence-electron chi connectivity index (χ0n) is 11.2. The van der Waals surface area contributed by atoms with E-state index in [1.165, 1.54) is 0 Å². The van der Waals surface area contributed by atoms with E-state index in [1.54, 1.807) is 7.11 Å². The molecule has 0 aliphatic carbocycles. The van der Waals surface area contributed by atoms with Gasteiger partial charge in [0.1, 0.15) is 0 Å². The van der Waals surface area contributed by atoms with Crippen LogP contribution in [0.1, 0.15) is 13.8 Å². The molecule has 0 aromatic rings. The Morgan fingerprint density at radius 2 is 1.71 bits per heavy atom. The normalized spacial score (nSPS) is 21.7. The maximum Gasteiger partial charge on any atom is 0.0900 e. The van der Waals surface area contributed by atoms with Gasteiger partial charge < -0.3 is 14.9 Å². The Morgan fingerprint density at radius 3 is 2.18 bits per heavy atom. The Morgan fingerprint density at radius 1 is 1.18 bits per heavy atom. The van der Waals surface area contributed by atoms with Gasteiger partial charge >= 0.3 is 0 Å². The van der Waals surface area contributed by atoms with Gasteiger partial charge in [0.05, 0.1) is 18.3 Å². The van der Waals surface area contributed by atoms with Crippen LogP contribution in [0.5, 0.6) is 0 Å². The molecule has 1 rings (SSSR count). The van der Waals surface area contributed by atoms with Crippen molar-refractivity contribution in [3.05, 3.63) is 0 Å². The number of nitrogens with zero attached hydrogens (tertiary/aromatic N) is 2. The number of piperazine rings is 1. The van der Waals surface area contributed by atoms with E-state index in [0.29, 0.717) is 19.7 Å². The van der Waals surface area contributed by atoms with E-state index in [-0.39, 0.29) is 0 Å². The topological polar surface area (TPSA) is 56.2 Å². The molecule has 2 N–H and O–H groups in total. The third kappa shape index (κ3) is 6.33. The SMILES string of the molecule is COCC(O)CN1CCN(CC(C)(C)O)CC1. The molecule has 1 atom stereocenters. The molecule has 5 heteroatoms. The van der Waals surface area contributed by atoms with Crippen molar-refractivity contribution in [2.24, 2.45) is 0 Å². The molecular weight excluding hydrogens is 220 g/mol. The van der Waals surface area contributed by atoms with Crippen LogP contribution in [0.3, 0.4) is 0 Å². The van der Waals surface area contributed by atoms with Crippen LogP contribution in [-0.4, -0.2) is 84.7 Å². The summed E-state index contributed by atoms with van der Waals surface area (Å²) in [6.45, 7) is 9.22. The molecule has 1 saturated heterocycles. The van der Waals surface area contributed by atoms with Crippen molar-refractivity contribution >= 4 is 0 Å². The maximum atomic E-state index is 9.74. The molecule has 1 fully saturated rings. The Hall–Kier alpha value is -0.200. The van der Waals surface area contributed by atoms with Gasteiger partial charge in [0.25, 0.3) is 0 Å². The monoisotopic (exact) mass is 246 g/mol. The molecule has 102 valence electrons. The molecular formula is C12H26N2O3. The molecule has 0 aromatic carbocycles. The lowest BCUT2D eigenvalue weighted by atomic mass is 10.1. The summed E-state index contributed by atoms with van der Waals surface area (Å²) >= 11 is 0. The van der Waals surface area contributed by atoms with E-state index in [1.807, 2.05) is 13.8 Å². The largest absolute Gasteiger partial charge is 0.389 e. The highest BCUT2D eigenvalue weighted by Crippen LogP contribution is 2.08. The van der Waals surface area contributed by atoms with Gasteiger partial charge in [0.15, 0.2) is 0 Å². The minimum Gasteiger partial charge on any atom is -0.389 e. The van der Waals surface area contributed by atoms with Crippen LogP contribution in [0, 0.1) is 0 Å². The summed E-state index contributed by atoms with van der Waals surface area (Å²) in [6, 6.07) is 0. The highest BCUT2D eigenvalue weighted by Gasteiger charge is 2.23. The van der Waals surface area contributed by atoms with Gasteiger partial charge in [0.2, 0.25) is 0 Å². The average Bonchev–Trinajstić information content (AvgIpc) is 2.19. The van der Waals surface area contributed by atoms with Crippen molar-refractivity contribution in [3.8, 4) is 0 Å². The van der Waals surface area contributed by atoms with E-state index in [4.69, 9.17) is 4.74 Å². The number of ether oxygens (including phenoxy) is 1. The van der Waals surface area contributed by atoms with Gasteiger partial charge in [0, 0.05) is 46.4 Å². The second-order valence-corrected chi connectivity index (χ2v) is 5.50. The lowest BCUT2D eigenvalue weighted by Crippen LogP contribution is -2.52. The van der Waals surface area contributed by atoms with Gasteiger partial charge in [-0.25, -0.2) is 0 Å². The number of aliphatic hydroxyl groups is 2. The first-order valence-electron chi connectivity index (χ1n) is 6.25. The molecule has 1 aliphatic heterocycles. The lowest BCUT2D eigenvalue weighted by Gasteiger charge is -2.37. The van der Waals surface area contributed by atoms with Crippen molar-refractivity contribution in [2.75, 3.05) is 53.0 Å². The Kier molecular flexibility index (Phi) is 5.82. The highest BCUT2D eigenvalue weighted by atomic mass is 16.5. The van der Waals surface area contributed by atoms with Crippen LogP contribution >= 0.6 is 0 Å². The molecule has 0 radical (unpaired) electrons. The lowest BCUT2D eigenvalue weighted by molar-refractivity contribution is -0.000658. The number of methoxy groups -OCH3 is 1. The number of hydrogen-bond acceptors (Lipinski definition) is 5. The van der Waals surface area contributed by atoms with Crippen molar-refractivity contribution in [1.29, 1.82) is 0 Å². The van der Waals surface area contributed by atoms with Crippen molar-refractivity contribution < 1.29 is 14.9 Å². The first kappa shape index (κ1) is 14.9. The fourth-order valence-electron chi connectivity index (χ4n) is 2.22. The Bertz CT molecular complexity index is 210. The smallest absolute Gasteiger partial charge is 0.0900 e. The zero-order valence-corrected chi connectivity index (χ0v) is 11.2. The predicted octanol–water partition coefficient (Wildman–Crippen LogP) is -0.618. The van der Waals surface area contributed by atoms with Crippen LogP contribution in [0.4, 0.5) is 0 Å². The zero-order chi connectivity index (χ0) is 12.9. The second-order valence-electron chi connectivity index (χ2n) is 5.50. The summed E-state index contributed by atoms with van der Waals surface area (Å²) in [6.07, 6.45) is -0.402. The van der Waals surface area contributed by atoms with Crippen molar-refractivity contribution in [3.63, 3.8) is 0 Å². The molecule has 0 bridgehead atoms. The van der Waals surface area contributed by atoms with Gasteiger partial charge in [-0.3, -0.25) is 9.80 Å². The van der Waals surface area contributed by atoms with Crippen LogP contribution in [-0.2, 0) is 4.74 Å². The summed E-state index contributed by atoms with van der Waals surface area (Å²) in [5.41, 5.74) is -0.627. The minimum atomic E-state index is -0.627. The molecule has 1 unspecified atom stereocenters. The highest BCUT2D eigenvalue weighted by molar-refractivity contribution is 4.78. The Balaban J connectivity index is 2.21. The van der Waals surface area contributed by atoms with Crippen LogP contribution in [0.25, 0.3) is 0 Å². The first-order chi connectivity index (χ1) is 7.90. The third-order valence-electron chi connectivity index (χ3n) is 2.90. The van der Waals surface area contributed by atoms with Crippen LogP contribution < -0.4 is 0 Å². The third-order valence-corrected chi connectivity index (χ3v) is 2.90. The molecule has 0 saturated carbocycles. The van der Waals surface area contributed by atoms with Crippen LogP contribution in [0.2, 0.25) is 0 Å². The summed E-state index contributed by atoms with van der Waals surface area (Å²) in [5.74, 6) is 0. The predicted molar refractivity (Wildman–Crippen MR) is 67.1 cm³/mol. The van der Waals surface area contributed by atoms with E-state index < -0.39 is 11.7 Å². The van der Waals surface area contributed by atoms with Gasteiger partial charge in [-0.1, -0.05) is 0 Å². The van der Waals surface area contributed by atoms with E-state index in [2.05, 4.69) is 9.80 Å². The molecule has 1 heterocycles. The molecule has 0 amide bonds. The minimum absolute atomic E-state index is 0.393. The van der Waals surface area contributed by atoms with Gasteiger partial charge in [-0.2, -0.15) is 0 Å². The molecule has 17 heavy (non-hydrogen) atoms. The summed E-state index contributed by atoms with van der Waals surface area (Å²) < 4.78 is 4.91.